The number of aromatic nitrogens is 2. The Balaban J connectivity index is 1.81. The van der Waals surface area contributed by atoms with Gasteiger partial charge < -0.3 is 19.3 Å². The first-order valence-electron chi connectivity index (χ1n) is 11.1. The van der Waals surface area contributed by atoms with Gasteiger partial charge in [0.15, 0.2) is 11.5 Å². The summed E-state index contributed by atoms with van der Waals surface area (Å²) in [7, 11) is 4.43. The Morgan fingerprint density at radius 3 is 2.36 bits per heavy atom. The minimum atomic E-state index is -0.802. The van der Waals surface area contributed by atoms with Gasteiger partial charge >= 0.3 is 5.69 Å². The Bertz CT molecular complexity index is 1440. The number of aromatic amines is 1. The van der Waals surface area contributed by atoms with Crippen LogP contribution in [0.4, 0.5) is 0 Å². The Kier molecular flexibility index (Phi) is 6.82. The lowest BCUT2D eigenvalue weighted by atomic mass is 9.97. The summed E-state index contributed by atoms with van der Waals surface area (Å²) >= 11 is 0. The molecule has 0 spiro atoms. The molecular weight excluding hydrogens is 468 g/mol. The van der Waals surface area contributed by atoms with Gasteiger partial charge in [0, 0.05) is 18.9 Å². The fraction of sp³-hybridized carbons (Fsp3) is 0.280. The second-order valence-corrected chi connectivity index (χ2v) is 8.08. The van der Waals surface area contributed by atoms with Crippen molar-refractivity contribution in [2.24, 2.45) is 5.10 Å². The van der Waals surface area contributed by atoms with Gasteiger partial charge in [0.2, 0.25) is 17.5 Å². The highest BCUT2D eigenvalue weighted by Gasteiger charge is 2.37. The van der Waals surface area contributed by atoms with Crippen molar-refractivity contribution in [3.63, 3.8) is 0 Å². The molecule has 0 fully saturated rings. The van der Waals surface area contributed by atoms with E-state index in [9.17, 15) is 19.5 Å². The summed E-state index contributed by atoms with van der Waals surface area (Å²) in [6.07, 6.45) is 0.0750. The first-order valence-corrected chi connectivity index (χ1v) is 11.1. The summed E-state index contributed by atoms with van der Waals surface area (Å²) < 4.78 is 17.4. The van der Waals surface area contributed by atoms with E-state index >= 15 is 0 Å². The lowest BCUT2D eigenvalue weighted by molar-refractivity contribution is -0.130. The average molecular weight is 495 g/mol. The van der Waals surface area contributed by atoms with Gasteiger partial charge in [-0.2, -0.15) is 5.10 Å². The smallest absolute Gasteiger partial charge is 0.331 e. The van der Waals surface area contributed by atoms with Crippen LogP contribution in [0.2, 0.25) is 0 Å². The number of H-pyrrole nitrogens is 1. The number of rotatable bonds is 7. The van der Waals surface area contributed by atoms with Crippen LogP contribution in [-0.2, 0) is 11.3 Å². The van der Waals surface area contributed by atoms with Crippen molar-refractivity contribution in [3.05, 3.63) is 80.0 Å². The highest BCUT2D eigenvalue weighted by molar-refractivity contribution is 6.04. The van der Waals surface area contributed by atoms with Crippen LogP contribution in [0.25, 0.3) is 0 Å². The molecule has 11 nitrogen and oxygen atoms in total. The molecule has 4 rings (SSSR count). The molecule has 0 saturated heterocycles. The maximum Gasteiger partial charge on any atom is 0.331 e. The van der Waals surface area contributed by atoms with Gasteiger partial charge in [0.05, 0.1) is 39.6 Å². The van der Waals surface area contributed by atoms with Crippen LogP contribution in [-0.4, -0.2) is 52.6 Å². The molecule has 0 saturated carbocycles. The number of nitrogens with one attached hydrogen (secondary N) is 1. The largest absolute Gasteiger partial charge is 0.494 e. The molecule has 3 aromatic rings. The number of hydrazone groups is 1. The highest BCUT2D eigenvalue weighted by Crippen LogP contribution is 2.46. The lowest BCUT2D eigenvalue weighted by Gasteiger charge is -2.24. The van der Waals surface area contributed by atoms with E-state index in [0.29, 0.717) is 22.8 Å². The van der Waals surface area contributed by atoms with E-state index in [1.807, 2.05) is 6.07 Å². The second kappa shape index (κ2) is 9.98. The second-order valence-electron chi connectivity index (χ2n) is 8.08. The number of benzene rings is 2. The van der Waals surface area contributed by atoms with Gasteiger partial charge in [0.25, 0.3) is 5.56 Å². The standard InChI is InChI=1S/C25H26N4O7/c1-14(30)29-18(16-10-11-19(34-2)22(36-4)21(16)35-3)12-17(27-29)20-23(31)26-25(33)28(24(20)32)13-15-8-6-5-7-9-15/h5-11,18,32H,12-13H2,1-4H3,(H,26,31,33). The molecule has 188 valence electrons. The van der Waals surface area contributed by atoms with E-state index in [-0.39, 0.29) is 30.1 Å². The van der Waals surface area contributed by atoms with Crippen LogP contribution >= 0.6 is 0 Å². The van der Waals surface area contributed by atoms with Crippen LogP contribution in [0.1, 0.15) is 36.1 Å². The number of hydrogen-bond donors (Lipinski definition) is 2. The number of carbonyl (C=O) groups excluding carboxylic acids is 1. The van der Waals surface area contributed by atoms with Gasteiger partial charge in [-0.15, -0.1) is 0 Å². The summed E-state index contributed by atoms with van der Waals surface area (Å²) in [5.74, 6) is 0.201. The highest BCUT2D eigenvalue weighted by atomic mass is 16.5. The number of ether oxygens (including phenoxy) is 3. The number of methoxy groups -OCH3 is 3. The lowest BCUT2D eigenvalue weighted by Crippen LogP contribution is -2.34. The van der Waals surface area contributed by atoms with E-state index in [4.69, 9.17) is 14.2 Å². The minimum Gasteiger partial charge on any atom is -0.494 e. The Morgan fingerprint density at radius 1 is 1.06 bits per heavy atom. The third kappa shape index (κ3) is 4.30. The zero-order valence-corrected chi connectivity index (χ0v) is 20.3. The summed E-state index contributed by atoms with van der Waals surface area (Å²) in [4.78, 5) is 40.1. The predicted molar refractivity (Wildman–Crippen MR) is 131 cm³/mol. The zero-order valence-electron chi connectivity index (χ0n) is 20.3. The van der Waals surface area contributed by atoms with Crippen LogP contribution in [0, 0.1) is 0 Å². The molecule has 2 N–H and O–H groups in total. The fourth-order valence-electron chi connectivity index (χ4n) is 4.31. The molecule has 0 bridgehead atoms. The quantitative estimate of drug-likeness (QED) is 0.513. The average Bonchev–Trinajstić information content (AvgIpc) is 3.31. The minimum absolute atomic E-state index is 0.0337. The molecule has 1 unspecified atom stereocenters. The molecule has 1 aromatic heterocycles. The third-order valence-electron chi connectivity index (χ3n) is 5.97. The molecular formula is C25H26N4O7. The third-order valence-corrected chi connectivity index (χ3v) is 5.97. The Labute approximate surface area is 206 Å². The Morgan fingerprint density at radius 2 is 1.75 bits per heavy atom. The summed E-state index contributed by atoms with van der Waals surface area (Å²) in [5.41, 5.74) is -0.280. The van der Waals surface area contributed by atoms with Crippen molar-refractivity contribution in [2.75, 3.05) is 21.3 Å². The maximum absolute atomic E-state index is 12.8. The summed E-state index contributed by atoms with van der Waals surface area (Å²) in [6.45, 7) is 1.37. The van der Waals surface area contributed by atoms with Gasteiger partial charge in [-0.25, -0.2) is 9.80 Å². The first kappa shape index (κ1) is 24.6. The van der Waals surface area contributed by atoms with Gasteiger partial charge in [0.1, 0.15) is 5.56 Å². The van der Waals surface area contributed by atoms with Crippen molar-refractivity contribution in [1.82, 2.24) is 14.6 Å². The first-order chi connectivity index (χ1) is 17.3. The molecule has 1 aliphatic heterocycles. The van der Waals surface area contributed by atoms with Crippen LogP contribution in [0.3, 0.4) is 0 Å². The van der Waals surface area contributed by atoms with E-state index in [1.165, 1.54) is 33.3 Å². The van der Waals surface area contributed by atoms with Gasteiger partial charge in [-0.05, 0) is 17.7 Å². The normalized spacial score (nSPS) is 14.9. The van der Waals surface area contributed by atoms with Crippen molar-refractivity contribution >= 4 is 11.6 Å². The molecule has 36 heavy (non-hydrogen) atoms. The zero-order chi connectivity index (χ0) is 26.0. The van der Waals surface area contributed by atoms with Crippen LogP contribution < -0.4 is 25.5 Å². The van der Waals surface area contributed by atoms with E-state index < -0.39 is 23.2 Å². The fourth-order valence-corrected chi connectivity index (χ4v) is 4.31. The monoisotopic (exact) mass is 494 g/mol. The molecule has 2 heterocycles. The molecule has 1 amide bonds. The molecule has 0 aliphatic carbocycles. The van der Waals surface area contributed by atoms with Crippen molar-refractivity contribution in [3.8, 4) is 23.1 Å². The van der Waals surface area contributed by atoms with Crippen molar-refractivity contribution < 1.29 is 24.1 Å². The maximum atomic E-state index is 12.8. The van der Waals surface area contributed by atoms with Crippen molar-refractivity contribution in [1.29, 1.82) is 0 Å². The molecule has 2 aromatic carbocycles. The van der Waals surface area contributed by atoms with Crippen LogP contribution in [0.5, 0.6) is 23.1 Å². The van der Waals surface area contributed by atoms with E-state index in [2.05, 4.69) is 10.1 Å². The molecule has 1 atom stereocenters. The summed E-state index contributed by atoms with van der Waals surface area (Å²) in [6, 6.07) is 11.8. The van der Waals surface area contributed by atoms with Gasteiger partial charge in [-0.3, -0.25) is 19.1 Å². The van der Waals surface area contributed by atoms with E-state index in [0.717, 1.165) is 10.1 Å². The number of aromatic hydroxyl groups is 1. The molecule has 11 heteroatoms. The van der Waals surface area contributed by atoms with Crippen LogP contribution in [0.15, 0.2) is 57.2 Å². The molecule has 0 radical (unpaired) electrons. The van der Waals surface area contributed by atoms with Gasteiger partial charge in [-0.1, -0.05) is 30.3 Å². The number of carbonyl (C=O) groups is 1. The number of amides is 1. The van der Waals surface area contributed by atoms with E-state index in [1.54, 1.807) is 36.4 Å². The summed E-state index contributed by atoms with van der Waals surface area (Å²) in [5, 5.41) is 16.6. The molecule has 1 aliphatic rings. The van der Waals surface area contributed by atoms with Crippen molar-refractivity contribution in [2.45, 2.75) is 25.9 Å². The number of hydrogen-bond acceptors (Lipinski definition) is 8. The topological polar surface area (TPSA) is 135 Å². The number of nitrogens with zero attached hydrogens (tertiary/aromatic N) is 3. The predicted octanol–water partition coefficient (Wildman–Crippen LogP) is 2.01. The Hall–Kier alpha value is -4.54. The SMILES string of the molecule is COc1ccc(C2CC(c3c(O)n(Cc4ccccc4)c(=O)[nH]c3=O)=NN2C(C)=O)c(OC)c1OC.